The maximum absolute atomic E-state index is 13.7. The van der Waals surface area contributed by atoms with Crippen molar-refractivity contribution in [3.63, 3.8) is 0 Å². The highest BCUT2D eigenvalue weighted by Gasteiger charge is 2.39. The van der Waals surface area contributed by atoms with Gasteiger partial charge in [-0.3, -0.25) is 9.10 Å². The maximum Gasteiger partial charge on any atom is 0.264 e. The quantitative estimate of drug-likeness (QED) is 0.633. The summed E-state index contributed by atoms with van der Waals surface area (Å²) in [6.07, 6.45) is 1.44. The van der Waals surface area contributed by atoms with Gasteiger partial charge in [-0.15, -0.1) is 6.58 Å². The number of likely N-dealkylation sites (tertiary alicyclic amines) is 1. The lowest BCUT2D eigenvalue weighted by molar-refractivity contribution is -0.139. The first kappa shape index (κ1) is 22.8. The summed E-state index contributed by atoms with van der Waals surface area (Å²) in [4.78, 5) is 14.5. The lowest BCUT2D eigenvalue weighted by Crippen LogP contribution is -2.52. The fourth-order valence-electron chi connectivity index (χ4n) is 3.65. The van der Waals surface area contributed by atoms with Crippen LogP contribution >= 0.6 is 0 Å². The van der Waals surface area contributed by atoms with E-state index in [1.165, 1.54) is 25.3 Å². The molecule has 1 amide bonds. The molecule has 3 rings (SSSR count). The fourth-order valence-corrected chi connectivity index (χ4v) is 5.28. The summed E-state index contributed by atoms with van der Waals surface area (Å²) in [7, 11) is -2.60. The molecule has 1 fully saturated rings. The van der Waals surface area contributed by atoms with Crippen LogP contribution < -0.4 is 9.04 Å². The number of ether oxygens (including phenoxy) is 1. The minimum atomic E-state index is -4.11. The summed E-state index contributed by atoms with van der Waals surface area (Å²) < 4.78 is 33.5. The van der Waals surface area contributed by atoms with E-state index in [0.717, 1.165) is 22.7 Å². The zero-order chi connectivity index (χ0) is 22.6. The van der Waals surface area contributed by atoms with Crippen LogP contribution in [0.4, 0.5) is 5.69 Å². The number of benzene rings is 2. The van der Waals surface area contributed by atoms with E-state index in [4.69, 9.17) is 4.74 Å². The predicted octanol–water partition coefficient (Wildman–Crippen LogP) is 2.74. The van der Waals surface area contributed by atoms with Gasteiger partial charge in [-0.2, -0.15) is 0 Å². The van der Waals surface area contributed by atoms with Gasteiger partial charge in [-0.1, -0.05) is 23.8 Å². The van der Waals surface area contributed by atoms with E-state index in [1.807, 2.05) is 6.92 Å². The monoisotopic (exact) mass is 444 g/mol. The molecule has 2 atom stereocenters. The summed E-state index contributed by atoms with van der Waals surface area (Å²) >= 11 is 0. The molecule has 0 spiro atoms. The van der Waals surface area contributed by atoms with Crippen molar-refractivity contribution in [3.05, 3.63) is 66.7 Å². The number of nitrogens with zero attached hydrogens (tertiary/aromatic N) is 2. The highest BCUT2D eigenvalue weighted by atomic mass is 32.2. The van der Waals surface area contributed by atoms with Gasteiger partial charge in [-0.25, -0.2) is 8.42 Å². The van der Waals surface area contributed by atoms with Gasteiger partial charge in [0.15, 0.2) is 6.10 Å². The van der Waals surface area contributed by atoms with Crippen molar-refractivity contribution in [1.82, 2.24) is 4.90 Å². The third-order valence-corrected chi connectivity index (χ3v) is 7.25. The second-order valence-electron chi connectivity index (χ2n) is 7.52. The Balaban J connectivity index is 2.07. The zero-order valence-corrected chi connectivity index (χ0v) is 18.6. The summed E-state index contributed by atoms with van der Waals surface area (Å²) in [6.45, 7) is 6.69. The molecule has 1 saturated heterocycles. The lowest BCUT2D eigenvalue weighted by Gasteiger charge is -2.34. The molecule has 0 aromatic heterocycles. The third-order valence-electron chi connectivity index (χ3n) is 5.41. The average molecular weight is 445 g/mol. The van der Waals surface area contributed by atoms with Crippen LogP contribution in [0.1, 0.15) is 18.4 Å². The highest BCUT2D eigenvalue weighted by molar-refractivity contribution is 7.92. The third kappa shape index (κ3) is 4.75. The van der Waals surface area contributed by atoms with Gasteiger partial charge in [0, 0.05) is 13.1 Å². The molecule has 0 saturated carbocycles. The number of amides is 1. The van der Waals surface area contributed by atoms with Gasteiger partial charge in [0.2, 0.25) is 0 Å². The van der Waals surface area contributed by atoms with Crippen LogP contribution in [0.5, 0.6) is 5.75 Å². The van der Waals surface area contributed by atoms with Crippen LogP contribution in [0.25, 0.3) is 0 Å². The molecule has 166 valence electrons. The SMILES string of the molecule is C=C[C@@H]([C@@H](O)C(=O)N1CCCC1)N(c1ccc(OC)cc1)S(=O)(=O)c1ccc(C)cc1. The van der Waals surface area contributed by atoms with Gasteiger partial charge in [0.25, 0.3) is 15.9 Å². The fraction of sp³-hybridized carbons (Fsp3) is 0.348. The molecule has 31 heavy (non-hydrogen) atoms. The molecule has 1 aliphatic heterocycles. The van der Waals surface area contributed by atoms with Crippen molar-refractivity contribution < 1.29 is 23.1 Å². The van der Waals surface area contributed by atoms with Crippen molar-refractivity contribution in [2.45, 2.75) is 36.8 Å². The van der Waals surface area contributed by atoms with Crippen molar-refractivity contribution in [3.8, 4) is 5.75 Å². The summed E-state index contributed by atoms with van der Waals surface area (Å²) in [5.74, 6) is 0.0558. The number of methoxy groups -OCH3 is 1. The Kier molecular flexibility index (Phi) is 7.02. The minimum absolute atomic E-state index is 0.0570. The van der Waals surface area contributed by atoms with Crippen LogP contribution in [-0.2, 0) is 14.8 Å². The molecule has 0 aliphatic carbocycles. The first-order valence-corrected chi connectivity index (χ1v) is 11.6. The summed E-state index contributed by atoms with van der Waals surface area (Å²) in [5, 5.41) is 10.9. The normalized spacial score (nSPS) is 15.9. The number of carbonyl (C=O) groups excluding carboxylic acids is 1. The lowest BCUT2D eigenvalue weighted by atomic mass is 10.1. The van der Waals surface area contributed by atoms with E-state index < -0.39 is 28.1 Å². The molecule has 8 heteroatoms. The maximum atomic E-state index is 13.7. The van der Waals surface area contributed by atoms with Gasteiger partial charge in [0.05, 0.1) is 23.7 Å². The molecule has 1 heterocycles. The Hall–Kier alpha value is -2.84. The smallest absolute Gasteiger partial charge is 0.264 e. The van der Waals surface area contributed by atoms with E-state index in [2.05, 4.69) is 6.58 Å². The number of carbonyl (C=O) groups is 1. The standard InChI is InChI=1S/C23H28N2O5S/c1-4-21(22(26)23(27)24-15-5-6-16-24)25(18-9-11-19(30-3)12-10-18)31(28,29)20-13-7-17(2)8-14-20/h4,7-14,21-22,26H,1,5-6,15-16H2,2-3H3/t21-,22+/m0/s1. The number of anilines is 1. The zero-order valence-electron chi connectivity index (χ0n) is 17.8. The summed E-state index contributed by atoms with van der Waals surface area (Å²) in [5.41, 5.74) is 1.21. The molecule has 1 aliphatic rings. The Morgan fingerprint density at radius 2 is 1.71 bits per heavy atom. The van der Waals surface area contributed by atoms with E-state index >= 15 is 0 Å². The van der Waals surface area contributed by atoms with Crippen molar-refractivity contribution in [1.29, 1.82) is 0 Å². The molecule has 1 N–H and O–H groups in total. The molecular formula is C23H28N2O5S. The number of rotatable bonds is 8. The van der Waals surface area contributed by atoms with E-state index in [-0.39, 0.29) is 4.90 Å². The van der Waals surface area contributed by atoms with Gasteiger partial charge in [0.1, 0.15) is 5.75 Å². The van der Waals surface area contributed by atoms with Crippen LogP contribution in [0, 0.1) is 6.92 Å². The van der Waals surface area contributed by atoms with Crippen LogP contribution in [-0.4, -0.2) is 56.7 Å². The predicted molar refractivity (Wildman–Crippen MR) is 120 cm³/mol. The van der Waals surface area contributed by atoms with Gasteiger partial charge < -0.3 is 14.7 Å². The average Bonchev–Trinajstić information content (AvgIpc) is 3.31. The Morgan fingerprint density at radius 3 is 2.23 bits per heavy atom. The van der Waals surface area contributed by atoms with Gasteiger partial charge in [-0.05, 0) is 56.2 Å². The van der Waals surface area contributed by atoms with E-state index in [0.29, 0.717) is 24.5 Å². The second-order valence-corrected chi connectivity index (χ2v) is 9.33. The number of aryl methyl sites for hydroxylation is 1. The van der Waals surface area contributed by atoms with Crippen molar-refractivity contribution >= 4 is 21.6 Å². The van der Waals surface area contributed by atoms with Crippen LogP contribution in [0.15, 0.2) is 66.1 Å². The molecule has 7 nitrogen and oxygen atoms in total. The summed E-state index contributed by atoms with van der Waals surface area (Å²) in [6, 6.07) is 11.6. The minimum Gasteiger partial charge on any atom is -0.497 e. The first-order valence-electron chi connectivity index (χ1n) is 10.1. The molecule has 2 aromatic rings. The topological polar surface area (TPSA) is 87.2 Å². The van der Waals surface area contributed by atoms with Crippen LogP contribution in [0.2, 0.25) is 0 Å². The number of hydrogen-bond acceptors (Lipinski definition) is 5. The molecular weight excluding hydrogens is 416 g/mol. The van der Waals surface area contributed by atoms with Gasteiger partial charge >= 0.3 is 0 Å². The Bertz CT molecular complexity index is 1010. The molecule has 0 bridgehead atoms. The number of hydrogen-bond donors (Lipinski definition) is 1. The Labute approximate surface area is 183 Å². The largest absolute Gasteiger partial charge is 0.497 e. The number of aliphatic hydroxyl groups is 1. The highest BCUT2D eigenvalue weighted by Crippen LogP contribution is 2.30. The number of sulfonamides is 1. The van der Waals surface area contributed by atoms with E-state index in [1.54, 1.807) is 41.3 Å². The Morgan fingerprint density at radius 1 is 1.13 bits per heavy atom. The second kappa shape index (κ2) is 9.53. The van der Waals surface area contributed by atoms with Crippen molar-refractivity contribution in [2.75, 3.05) is 24.5 Å². The van der Waals surface area contributed by atoms with Crippen LogP contribution in [0.3, 0.4) is 0 Å². The number of aliphatic hydroxyl groups excluding tert-OH is 1. The van der Waals surface area contributed by atoms with Crippen molar-refractivity contribution in [2.24, 2.45) is 0 Å². The molecule has 0 radical (unpaired) electrons. The molecule has 0 unspecified atom stereocenters. The van der Waals surface area contributed by atoms with E-state index in [9.17, 15) is 18.3 Å². The first-order chi connectivity index (χ1) is 14.8. The molecule has 2 aromatic carbocycles.